The Kier molecular flexibility index (Phi) is 3.44. The van der Waals surface area contributed by atoms with Crippen LogP contribution in [0.3, 0.4) is 0 Å². The summed E-state index contributed by atoms with van der Waals surface area (Å²) in [5.41, 5.74) is 0.866. The van der Waals surface area contributed by atoms with Crippen LogP contribution in [0.1, 0.15) is 32.3 Å². The molecule has 1 aromatic rings. The number of nitrogens with zero attached hydrogens (tertiary/aromatic N) is 3. The van der Waals surface area contributed by atoms with Crippen LogP contribution in [0.4, 0.5) is 0 Å². The maximum absolute atomic E-state index is 11.6. The molecule has 0 spiro atoms. The van der Waals surface area contributed by atoms with E-state index in [0.717, 1.165) is 11.5 Å². The third-order valence-electron chi connectivity index (χ3n) is 2.06. The maximum Gasteiger partial charge on any atom is 0.144 e. The van der Waals surface area contributed by atoms with Crippen molar-refractivity contribution in [3.63, 3.8) is 0 Å². The average molecular weight is 227 g/mol. The first-order valence-electron chi connectivity index (χ1n) is 4.77. The molecule has 5 heteroatoms. The van der Waals surface area contributed by atoms with Gasteiger partial charge in [-0.15, -0.1) is 0 Å². The molecule has 1 heterocycles. The van der Waals surface area contributed by atoms with Crippen LogP contribution in [0.15, 0.2) is 10.6 Å². The molecule has 0 N–H and O–H groups in total. The van der Waals surface area contributed by atoms with Crippen molar-refractivity contribution >= 4 is 17.2 Å². The Morgan fingerprint density at radius 2 is 2.13 bits per heavy atom. The minimum atomic E-state index is -1.21. The quantitative estimate of drug-likeness (QED) is 0.721. The fourth-order valence-electron chi connectivity index (χ4n) is 0.900. The first-order valence-corrected chi connectivity index (χ1v) is 5.87. The van der Waals surface area contributed by atoms with E-state index in [1.165, 1.54) is 0 Å². The predicted molar refractivity (Wildman–Crippen MR) is 63.4 cm³/mol. The Balaban J connectivity index is 2.83. The second-order valence-electron chi connectivity index (χ2n) is 4.39. The minimum absolute atomic E-state index is 0.315. The first-order chi connectivity index (χ1) is 6.82. The highest BCUT2D eigenvalue weighted by atomic mass is 32.2. The van der Waals surface area contributed by atoms with Gasteiger partial charge in [-0.1, -0.05) is 0 Å². The van der Waals surface area contributed by atoms with Crippen LogP contribution in [-0.2, 0) is 18.0 Å². The Morgan fingerprint density at radius 1 is 1.53 bits per heavy atom. The van der Waals surface area contributed by atoms with Crippen LogP contribution in [0, 0.1) is 6.92 Å². The first kappa shape index (κ1) is 12.1. The molecule has 0 saturated heterocycles. The van der Waals surface area contributed by atoms with Gasteiger partial charge in [-0.3, -0.25) is 0 Å². The SMILES string of the molecule is Cc1ncc(/C=N/S(=O)C(C)(C)C)n1C. The lowest BCUT2D eigenvalue weighted by Crippen LogP contribution is -2.19. The minimum Gasteiger partial charge on any atom is -0.331 e. The summed E-state index contributed by atoms with van der Waals surface area (Å²) < 4.78 is 17.3. The number of aromatic nitrogens is 2. The smallest absolute Gasteiger partial charge is 0.144 e. The van der Waals surface area contributed by atoms with Gasteiger partial charge in [0.1, 0.15) is 16.8 Å². The highest BCUT2D eigenvalue weighted by Gasteiger charge is 2.18. The molecule has 1 rings (SSSR count). The van der Waals surface area contributed by atoms with Gasteiger partial charge >= 0.3 is 0 Å². The van der Waals surface area contributed by atoms with E-state index >= 15 is 0 Å². The fourth-order valence-corrected chi connectivity index (χ4v) is 1.42. The largest absolute Gasteiger partial charge is 0.331 e. The van der Waals surface area contributed by atoms with Gasteiger partial charge in [0.15, 0.2) is 0 Å². The van der Waals surface area contributed by atoms with Crippen molar-refractivity contribution in [1.82, 2.24) is 9.55 Å². The van der Waals surface area contributed by atoms with E-state index in [4.69, 9.17) is 0 Å². The number of imidazole rings is 1. The molecule has 4 nitrogen and oxygen atoms in total. The van der Waals surface area contributed by atoms with Gasteiger partial charge in [-0.05, 0) is 27.7 Å². The van der Waals surface area contributed by atoms with E-state index in [1.54, 1.807) is 12.4 Å². The van der Waals surface area contributed by atoms with Crippen molar-refractivity contribution in [2.45, 2.75) is 32.4 Å². The molecule has 0 radical (unpaired) electrons. The molecule has 0 aliphatic carbocycles. The molecule has 0 aliphatic rings. The molecule has 0 saturated carbocycles. The monoisotopic (exact) mass is 227 g/mol. The molecular weight excluding hydrogens is 210 g/mol. The molecule has 1 aromatic heterocycles. The normalized spacial score (nSPS) is 14.7. The summed E-state index contributed by atoms with van der Waals surface area (Å²) in [5.74, 6) is 0.915. The Labute approximate surface area is 93.0 Å². The van der Waals surface area contributed by atoms with Crippen LogP contribution >= 0.6 is 0 Å². The highest BCUT2D eigenvalue weighted by Crippen LogP contribution is 2.12. The summed E-state index contributed by atoms with van der Waals surface area (Å²) in [6, 6.07) is 0. The van der Waals surface area contributed by atoms with Gasteiger partial charge in [0.25, 0.3) is 0 Å². The molecule has 0 amide bonds. The van der Waals surface area contributed by atoms with Crippen LogP contribution in [0.25, 0.3) is 0 Å². The summed E-state index contributed by atoms with van der Waals surface area (Å²) in [6.45, 7) is 7.61. The molecule has 84 valence electrons. The Morgan fingerprint density at radius 3 is 2.53 bits per heavy atom. The molecule has 0 bridgehead atoms. The molecule has 0 aromatic carbocycles. The van der Waals surface area contributed by atoms with Crippen LogP contribution in [0.2, 0.25) is 0 Å². The second-order valence-corrected chi connectivity index (χ2v) is 6.32. The van der Waals surface area contributed by atoms with Gasteiger partial charge < -0.3 is 4.57 Å². The molecule has 1 atom stereocenters. The van der Waals surface area contributed by atoms with Gasteiger partial charge in [0.2, 0.25) is 0 Å². The standard InChI is InChI=1S/C10H17N3OS/c1-8-11-6-9(13(8)5)7-12-15(14)10(2,3)4/h6-7H,1-5H3/b12-7+. The molecule has 15 heavy (non-hydrogen) atoms. The van der Waals surface area contributed by atoms with E-state index in [1.807, 2.05) is 39.3 Å². The van der Waals surface area contributed by atoms with Crippen molar-refractivity contribution in [2.75, 3.05) is 0 Å². The third kappa shape index (κ3) is 2.99. The topological polar surface area (TPSA) is 47.2 Å². The van der Waals surface area contributed by atoms with E-state index in [2.05, 4.69) is 9.38 Å². The number of hydrogen-bond acceptors (Lipinski definition) is 2. The van der Waals surface area contributed by atoms with Crippen LogP contribution in [0.5, 0.6) is 0 Å². The predicted octanol–water partition coefficient (Wildman–Crippen LogP) is 1.61. The summed E-state index contributed by atoms with van der Waals surface area (Å²) in [6.07, 6.45) is 3.33. The Hall–Kier alpha value is -0.970. The van der Waals surface area contributed by atoms with Crippen molar-refractivity contribution in [1.29, 1.82) is 0 Å². The van der Waals surface area contributed by atoms with Crippen molar-refractivity contribution in [3.05, 3.63) is 17.7 Å². The lowest BCUT2D eigenvalue weighted by molar-refractivity contribution is 0.651. The fraction of sp³-hybridized carbons (Fsp3) is 0.600. The molecular formula is C10H17N3OS. The second kappa shape index (κ2) is 4.26. The van der Waals surface area contributed by atoms with Gasteiger partial charge in [0, 0.05) is 7.05 Å². The van der Waals surface area contributed by atoms with Crippen LogP contribution in [-0.4, -0.2) is 24.7 Å². The zero-order chi connectivity index (χ0) is 11.6. The van der Waals surface area contributed by atoms with Crippen molar-refractivity contribution < 1.29 is 4.21 Å². The maximum atomic E-state index is 11.6. The number of rotatable bonds is 2. The lowest BCUT2D eigenvalue weighted by atomic mass is 10.3. The van der Waals surface area contributed by atoms with Crippen LogP contribution < -0.4 is 0 Å². The highest BCUT2D eigenvalue weighted by molar-refractivity contribution is 7.85. The van der Waals surface area contributed by atoms with E-state index in [9.17, 15) is 4.21 Å². The van der Waals surface area contributed by atoms with Crippen molar-refractivity contribution in [3.8, 4) is 0 Å². The lowest BCUT2D eigenvalue weighted by Gasteiger charge is -2.12. The van der Waals surface area contributed by atoms with E-state index < -0.39 is 11.0 Å². The van der Waals surface area contributed by atoms with E-state index in [-0.39, 0.29) is 4.75 Å². The van der Waals surface area contributed by atoms with Gasteiger partial charge in [-0.25, -0.2) is 9.19 Å². The van der Waals surface area contributed by atoms with Gasteiger partial charge in [0.05, 0.1) is 22.9 Å². The summed E-state index contributed by atoms with van der Waals surface area (Å²) in [5, 5.41) is 0. The van der Waals surface area contributed by atoms with E-state index in [0.29, 0.717) is 0 Å². The third-order valence-corrected chi connectivity index (χ3v) is 3.41. The molecule has 1 unspecified atom stereocenters. The molecule has 0 aliphatic heterocycles. The number of hydrogen-bond donors (Lipinski definition) is 0. The summed E-state index contributed by atoms with van der Waals surface area (Å²) in [7, 11) is 0.698. The van der Waals surface area contributed by atoms with Gasteiger partial charge in [-0.2, -0.15) is 4.40 Å². The zero-order valence-electron chi connectivity index (χ0n) is 9.81. The summed E-state index contributed by atoms with van der Waals surface area (Å²) in [4.78, 5) is 4.13. The number of aryl methyl sites for hydroxylation is 1. The molecule has 0 fully saturated rings. The van der Waals surface area contributed by atoms with Crippen molar-refractivity contribution in [2.24, 2.45) is 11.4 Å². The zero-order valence-corrected chi connectivity index (χ0v) is 10.6. The summed E-state index contributed by atoms with van der Waals surface area (Å²) >= 11 is 0. The Bertz CT molecular complexity index is 401. The average Bonchev–Trinajstić information content (AvgIpc) is 2.43.